The fraction of sp³-hybridized carbons (Fsp3) is 0.632. The number of aliphatic carboxylic acids is 1. The van der Waals surface area contributed by atoms with E-state index in [1.807, 2.05) is 0 Å². The van der Waals surface area contributed by atoms with Crippen LogP contribution < -0.4 is 5.32 Å². The molecule has 2 saturated carbocycles. The third-order valence-electron chi connectivity index (χ3n) is 5.24. The Hall–Kier alpha value is -1.39. The van der Waals surface area contributed by atoms with Gasteiger partial charge in [-0.05, 0) is 56.6 Å². The van der Waals surface area contributed by atoms with Gasteiger partial charge in [-0.3, -0.25) is 9.69 Å². The Kier molecular flexibility index (Phi) is 5.02. The van der Waals surface area contributed by atoms with Crippen molar-refractivity contribution >= 4 is 5.97 Å². The van der Waals surface area contributed by atoms with E-state index < -0.39 is 5.97 Å². The van der Waals surface area contributed by atoms with Gasteiger partial charge in [0.1, 0.15) is 0 Å². The largest absolute Gasteiger partial charge is 0.480 e. The van der Waals surface area contributed by atoms with Crippen molar-refractivity contribution in [2.24, 2.45) is 5.92 Å². The van der Waals surface area contributed by atoms with Crippen LogP contribution in [0.4, 0.5) is 0 Å². The Bertz CT molecular complexity index is 562. The molecule has 0 unspecified atom stereocenters. The highest BCUT2D eigenvalue weighted by Crippen LogP contribution is 2.33. The van der Waals surface area contributed by atoms with Crippen molar-refractivity contribution in [2.45, 2.75) is 58.2 Å². The molecule has 0 heterocycles. The van der Waals surface area contributed by atoms with E-state index in [0.29, 0.717) is 12.1 Å². The van der Waals surface area contributed by atoms with Crippen molar-refractivity contribution in [3.8, 4) is 0 Å². The van der Waals surface area contributed by atoms with Gasteiger partial charge in [0.2, 0.25) is 0 Å². The van der Waals surface area contributed by atoms with Gasteiger partial charge in [-0.1, -0.05) is 23.8 Å². The van der Waals surface area contributed by atoms with Crippen LogP contribution >= 0.6 is 0 Å². The molecule has 2 aliphatic carbocycles. The summed E-state index contributed by atoms with van der Waals surface area (Å²) in [5, 5.41) is 12.7. The molecule has 1 aromatic carbocycles. The second-order valence-corrected chi connectivity index (χ2v) is 7.40. The quantitative estimate of drug-likeness (QED) is 0.774. The normalized spacial score (nSPS) is 23.8. The first-order chi connectivity index (χ1) is 11.0. The molecule has 1 aromatic rings. The maximum absolute atomic E-state index is 11.1. The summed E-state index contributed by atoms with van der Waals surface area (Å²) < 4.78 is 0. The van der Waals surface area contributed by atoms with Gasteiger partial charge in [-0.15, -0.1) is 0 Å². The average molecular weight is 316 g/mol. The molecular formula is C19H28N2O2. The van der Waals surface area contributed by atoms with Crippen LogP contribution in [0.2, 0.25) is 0 Å². The number of carboxylic acids is 1. The maximum atomic E-state index is 11.1. The number of nitrogens with zero attached hydrogens (tertiary/aromatic N) is 1. The molecule has 0 atom stereocenters. The molecule has 0 spiro atoms. The Morgan fingerprint density at radius 1 is 1.30 bits per heavy atom. The molecule has 2 fully saturated rings. The fourth-order valence-electron chi connectivity index (χ4n) is 3.50. The molecule has 0 radical (unpaired) electrons. The van der Waals surface area contributed by atoms with E-state index in [2.05, 4.69) is 42.3 Å². The molecule has 0 bridgehead atoms. The van der Waals surface area contributed by atoms with E-state index in [4.69, 9.17) is 5.11 Å². The first-order valence-corrected chi connectivity index (χ1v) is 8.76. The molecule has 0 amide bonds. The van der Waals surface area contributed by atoms with Crippen LogP contribution in [-0.2, 0) is 11.3 Å². The monoisotopic (exact) mass is 316 g/mol. The molecule has 0 aliphatic heterocycles. The number of carboxylic acid groups (broad SMARTS) is 1. The lowest BCUT2D eigenvalue weighted by Gasteiger charge is -2.43. The molecule has 2 N–H and O–H groups in total. The van der Waals surface area contributed by atoms with Crippen molar-refractivity contribution < 1.29 is 9.90 Å². The van der Waals surface area contributed by atoms with E-state index in [1.54, 1.807) is 0 Å². The van der Waals surface area contributed by atoms with Gasteiger partial charge < -0.3 is 10.4 Å². The zero-order chi connectivity index (χ0) is 16.4. The van der Waals surface area contributed by atoms with Crippen LogP contribution in [0.25, 0.3) is 0 Å². The second kappa shape index (κ2) is 7.02. The predicted molar refractivity (Wildman–Crippen MR) is 91.5 cm³/mol. The summed E-state index contributed by atoms with van der Waals surface area (Å²) in [6.45, 7) is 6.37. The van der Waals surface area contributed by atoms with Gasteiger partial charge >= 0.3 is 5.97 Å². The highest BCUT2D eigenvalue weighted by molar-refractivity contribution is 5.69. The summed E-state index contributed by atoms with van der Waals surface area (Å²) in [6, 6.07) is 7.57. The molecule has 126 valence electrons. The van der Waals surface area contributed by atoms with Crippen molar-refractivity contribution in [1.29, 1.82) is 0 Å². The number of hydrogen-bond acceptors (Lipinski definition) is 3. The summed E-state index contributed by atoms with van der Waals surface area (Å²) in [5.41, 5.74) is 4.01. The van der Waals surface area contributed by atoms with Crippen LogP contribution in [0.3, 0.4) is 0 Å². The van der Waals surface area contributed by atoms with Crippen LogP contribution in [0, 0.1) is 19.8 Å². The van der Waals surface area contributed by atoms with Gasteiger partial charge in [0.15, 0.2) is 0 Å². The SMILES string of the molecule is Cc1ccc(CNC2CC(N(CC(=O)O)CC3CC3)C2)c(C)c1. The highest BCUT2D eigenvalue weighted by Gasteiger charge is 2.36. The summed E-state index contributed by atoms with van der Waals surface area (Å²) in [5.74, 6) is 0.0499. The lowest BCUT2D eigenvalue weighted by molar-refractivity contribution is -0.139. The third-order valence-corrected chi connectivity index (χ3v) is 5.24. The van der Waals surface area contributed by atoms with Crippen LogP contribution in [0.5, 0.6) is 0 Å². The summed E-state index contributed by atoms with van der Waals surface area (Å²) in [6.07, 6.45) is 4.70. The molecule has 23 heavy (non-hydrogen) atoms. The zero-order valence-corrected chi connectivity index (χ0v) is 14.2. The molecule has 0 aromatic heterocycles. The number of hydrogen-bond donors (Lipinski definition) is 2. The smallest absolute Gasteiger partial charge is 0.317 e. The Morgan fingerprint density at radius 3 is 2.65 bits per heavy atom. The third kappa shape index (κ3) is 4.55. The Morgan fingerprint density at radius 2 is 2.04 bits per heavy atom. The molecular weight excluding hydrogens is 288 g/mol. The van der Waals surface area contributed by atoms with E-state index in [0.717, 1.165) is 31.8 Å². The first-order valence-electron chi connectivity index (χ1n) is 8.76. The Balaban J connectivity index is 1.44. The van der Waals surface area contributed by atoms with E-state index in [-0.39, 0.29) is 6.54 Å². The van der Waals surface area contributed by atoms with Crippen molar-refractivity contribution in [2.75, 3.05) is 13.1 Å². The number of benzene rings is 1. The molecule has 4 heteroatoms. The maximum Gasteiger partial charge on any atom is 0.317 e. The number of carbonyl (C=O) groups is 1. The van der Waals surface area contributed by atoms with E-state index >= 15 is 0 Å². The summed E-state index contributed by atoms with van der Waals surface area (Å²) in [4.78, 5) is 13.2. The molecule has 2 aliphatic rings. The number of nitrogens with one attached hydrogen (secondary N) is 1. The molecule has 4 nitrogen and oxygen atoms in total. The van der Waals surface area contributed by atoms with Gasteiger partial charge in [0, 0.05) is 25.2 Å². The van der Waals surface area contributed by atoms with Crippen molar-refractivity contribution in [3.05, 3.63) is 34.9 Å². The minimum Gasteiger partial charge on any atom is -0.480 e. The lowest BCUT2D eigenvalue weighted by Crippen LogP contribution is -2.54. The summed E-state index contributed by atoms with van der Waals surface area (Å²) >= 11 is 0. The summed E-state index contributed by atoms with van der Waals surface area (Å²) in [7, 11) is 0. The van der Waals surface area contributed by atoms with Crippen LogP contribution in [0.1, 0.15) is 42.4 Å². The van der Waals surface area contributed by atoms with Gasteiger partial charge in [-0.2, -0.15) is 0 Å². The van der Waals surface area contributed by atoms with Crippen LogP contribution in [0.15, 0.2) is 18.2 Å². The second-order valence-electron chi connectivity index (χ2n) is 7.40. The van der Waals surface area contributed by atoms with E-state index in [1.165, 1.54) is 29.5 Å². The van der Waals surface area contributed by atoms with Gasteiger partial charge in [0.25, 0.3) is 0 Å². The molecule has 0 saturated heterocycles. The topological polar surface area (TPSA) is 52.6 Å². The van der Waals surface area contributed by atoms with Crippen LogP contribution in [-0.4, -0.2) is 41.1 Å². The van der Waals surface area contributed by atoms with Crippen molar-refractivity contribution in [3.63, 3.8) is 0 Å². The fourth-order valence-corrected chi connectivity index (χ4v) is 3.50. The lowest BCUT2D eigenvalue weighted by atomic mass is 9.85. The molecule has 3 rings (SSSR count). The van der Waals surface area contributed by atoms with E-state index in [9.17, 15) is 4.79 Å². The number of rotatable bonds is 8. The minimum absolute atomic E-state index is 0.199. The predicted octanol–water partition coefficient (Wildman–Crippen LogP) is 2.72. The zero-order valence-electron chi connectivity index (χ0n) is 14.2. The minimum atomic E-state index is -0.697. The van der Waals surface area contributed by atoms with Gasteiger partial charge in [-0.25, -0.2) is 0 Å². The first kappa shape index (κ1) is 16.5. The Labute approximate surface area is 138 Å². The highest BCUT2D eigenvalue weighted by atomic mass is 16.4. The van der Waals surface area contributed by atoms with Gasteiger partial charge in [0.05, 0.1) is 6.54 Å². The number of aryl methyl sites for hydroxylation is 2. The average Bonchev–Trinajstić information content (AvgIpc) is 3.22. The van der Waals surface area contributed by atoms with Crippen molar-refractivity contribution in [1.82, 2.24) is 10.2 Å². The standard InChI is InChI=1S/C19H28N2O2/c1-13-3-6-16(14(2)7-13)10-20-17-8-18(9-17)21(12-19(22)23)11-15-4-5-15/h3,6-7,15,17-18,20H,4-5,8-12H2,1-2H3,(H,22,23).